The van der Waals surface area contributed by atoms with Gasteiger partial charge >= 0.3 is 6.18 Å². The van der Waals surface area contributed by atoms with E-state index in [0.717, 1.165) is 0 Å². The molecule has 0 aliphatic heterocycles. The van der Waals surface area contributed by atoms with Crippen molar-refractivity contribution >= 4 is 17.7 Å². The van der Waals surface area contributed by atoms with Gasteiger partial charge < -0.3 is 11.1 Å². The van der Waals surface area contributed by atoms with Crippen molar-refractivity contribution in [2.24, 2.45) is 5.73 Å². The van der Waals surface area contributed by atoms with E-state index < -0.39 is 30.6 Å². The normalized spacial score (nSPS) is 15.6. The van der Waals surface area contributed by atoms with Crippen LogP contribution in [0.5, 0.6) is 0 Å². The first-order valence-electron chi connectivity index (χ1n) is 4.88. The smallest absolute Gasteiger partial charge is 0.352 e. The van der Waals surface area contributed by atoms with Crippen LogP contribution < -0.4 is 11.1 Å². The van der Waals surface area contributed by atoms with E-state index in [1.807, 2.05) is 6.26 Å². The highest BCUT2D eigenvalue weighted by molar-refractivity contribution is 7.98. The number of carbonyl (C=O) groups excluding carboxylic acids is 1. The zero-order valence-corrected chi connectivity index (χ0v) is 10.1. The van der Waals surface area contributed by atoms with E-state index in [1.165, 1.54) is 18.7 Å². The molecule has 0 fully saturated rings. The lowest BCUT2D eigenvalue weighted by Crippen LogP contribution is -2.45. The van der Waals surface area contributed by atoms with Crippen molar-refractivity contribution in [1.29, 1.82) is 0 Å². The molecule has 0 aromatic carbocycles. The molecule has 0 saturated heterocycles. The number of nitrogens with two attached hydrogens (primary N) is 1. The fourth-order valence-electron chi connectivity index (χ4n) is 1.12. The Balaban J connectivity index is 3.94. The Labute approximate surface area is 97.3 Å². The zero-order valence-electron chi connectivity index (χ0n) is 9.30. The molecule has 0 rings (SSSR count). The molecule has 1 unspecified atom stereocenters. The number of amides is 1. The van der Waals surface area contributed by atoms with Gasteiger partial charge in [-0.2, -0.15) is 24.9 Å². The SMILES string of the molecule is CSCC[C@@H](N)C(=O)NC(C)CC(F)(F)F. The monoisotopic (exact) mass is 258 g/mol. The third-order valence-electron chi connectivity index (χ3n) is 1.90. The summed E-state index contributed by atoms with van der Waals surface area (Å²) in [4.78, 5) is 11.3. The summed E-state index contributed by atoms with van der Waals surface area (Å²) in [7, 11) is 0. The van der Waals surface area contributed by atoms with Crippen LogP contribution in [-0.2, 0) is 4.79 Å². The fraction of sp³-hybridized carbons (Fsp3) is 0.889. The minimum Gasteiger partial charge on any atom is -0.352 e. The highest BCUT2D eigenvalue weighted by Crippen LogP contribution is 2.21. The number of thioether (sulfide) groups is 1. The molecule has 0 heterocycles. The van der Waals surface area contributed by atoms with Gasteiger partial charge in [-0.25, -0.2) is 0 Å². The summed E-state index contributed by atoms with van der Waals surface area (Å²) < 4.78 is 35.9. The van der Waals surface area contributed by atoms with Crippen LogP contribution in [0.1, 0.15) is 19.8 Å². The molecule has 3 N–H and O–H groups in total. The molecule has 0 aromatic rings. The molecule has 0 aliphatic rings. The van der Waals surface area contributed by atoms with E-state index in [0.29, 0.717) is 12.2 Å². The van der Waals surface area contributed by atoms with Crippen molar-refractivity contribution in [2.45, 2.75) is 38.0 Å². The van der Waals surface area contributed by atoms with Crippen LogP contribution >= 0.6 is 11.8 Å². The molecule has 96 valence electrons. The molecule has 16 heavy (non-hydrogen) atoms. The summed E-state index contributed by atoms with van der Waals surface area (Å²) >= 11 is 1.54. The molecule has 0 saturated carbocycles. The molecule has 2 atom stereocenters. The first kappa shape index (κ1) is 15.6. The summed E-state index contributed by atoms with van der Waals surface area (Å²) in [6.07, 6.45) is -2.97. The lowest BCUT2D eigenvalue weighted by atomic mass is 10.2. The quantitative estimate of drug-likeness (QED) is 0.759. The molecule has 7 heteroatoms. The highest BCUT2D eigenvalue weighted by atomic mass is 32.2. The lowest BCUT2D eigenvalue weighted by molar-refractivity contribution is -0.141. The molecule has 0 radical (unpaired) electrons. The Bertz CT molecular complexity index is 223. The average molecular weight is 258 g/mol. The number of carbonyl (C=O) groups is 1. The molecule has 0 bridgehead atoms. The van der Waals surface area contributed by atoms with Gasteiger partial charge in [-0.1, -0.05) is 0 Å². The van der Waals surface area contributed by atoms with Gasteiger partial charge in [0.15, 0.2) is 0 Å². The lowest BCUT2D eigenvalue weighted by Gasteiger charge is -2.18. The Kier molecular flexibility index (Phi) is 6.82. The largest absolute Gasteiger partial charge is 0.391 e. The maximum absolute atomic E-state index is 12.0. The van der Waals surface area contributed by atoms with E-state index in [-0.39, 0.29) is 0 Å². The molecular weight excluding hydrogens is 241 g/mol. The van der Waals surface area contributed by atoms with Crippen LogP contribution in [0.2, 0.25) is 0 Å². The van der Waals surface area contributed by atoms with Gasteiger partial charge in [0.05, 0.1) is 12.5 Å². The molecule has 0 spiro atoms. The average Bonchev–Trinajstić information content (AvgIpc) is 2.10. The van der Waals surface area contributed by atoms with Gasteiger partial charge in [-0.3, -0.25) is 4.79 Å². The Hall–Kier alpha value is -0.430. The molecule has 3 nitrogen and oxygen atoms in total. The van der Waals surface area contributed by atoms with Crippen LogP contribution in [0, 0.1) is 0 Å². The van der Waals surface area contributed by atoms with E-state index >= 15 is 0 Å². The van der Waals surface area contributed by atoms with Gasteiger partial charge in [0.1, 0.15) is 0 Å². The second kappa shape index (κ2) is 7.01. The van der Waals surface area contributed by atoms with E-state index in [1.54, 1.807) is 0 Å². The van der Waals surface area contributed by atoms with E-state index in [9.17, 15) is 18.0 Å². The van der Waals surface area contributed by atoms with Gasteiger partial charge in [0.2, 0.25) is 5.91 Å². The summed E-state index contributed by atoms with van der Waals surface area (Å²) in [5, 5.41) is 2.25. The van der Waals surface area contributed by atoms with Crippen LogP contribution in [0.4, 0.5) is 13.2 Å². The van der Waals surface area contributed by atoms with Gasteiger partial charge in [-0.15, -0.1) is 0 Å². The maximum atomic E-state index is 12.0. The van der Waals surface area contributed by atoms with Crippen LogP contribution in [0.3, 0.4) is 0 Å². The van der Waals surface area contributed by atoms with Crippen molar-refractivity contribution in [3.8, 4) is 0 Å². The minimum atomic E-state index is -4.27. The topological polar surface area (TPSA) is 55.1 Å². The Morgan fingerprint density at radius 1 is 1.50 bits per heavy atom. The Morgan fingerprint density at radius 2 is 2.06 bits per heavy atom. The van der Waals surface area contributed by atoms with Crippen molar-refractivity contribution < 1.29 is 18.0 Å². The number of halogens is 3. The first-order valence-corrected chi connectivity index (χ1v) is 6.27. The summed E-state index contributed by atoms with van der Waals surface area (Å²) in [6.45, 7) is 1.31. The third kappa shape index (κ3) is 7.81. The van der Waals surface area contributed by atoms with Gasteiger partial charge in [-0.05, 0) is 25.4 Å². The number of nitrogens with one attached hydrogen (secondary N) is 1. The van der Waals surface area contributed by atoms with E-state index in [4.69, 9.17) is 5.73 Å². The standard InChI is InChI=1S/C9H17F3N2OS/c1-6(5-9(10,11)12)14-8(15)7(13)3-4-16-2/h6-7H,3-5,13H2,1-2H3,(H,14,15)/t6?,7-/m1/s1. The summed E-state index contributed by atoms with van der Waals surface area (Å²) in [5.41, 5.74) is 5.51. The van der Waals surface area contributed by atoms with Gasteiger partial charge in [0, 0.05) is 6.04 Å². The fourth-order valence-corrected chi connectivity index (χ4v) is 1.61. The van der Waals surface area contributed by atoms with Crippen LogP contribution in [0.25, 0.3) is 0 Å². The minimum absolute atomic E-state index is 0.464. The number of alkyl halides is 3. The van der Waals surface area contributed by atoms with Crippen molar-refractivity contribution in [2.75, 3.05) is 12.0 Å². The Morgan fingerprint density at radius 3 is 2.50 bits per heavy atom. The summed E-state index contributed by atoms with van der Waals surface area (Å²) in [5.74, 6) is 0.188. The number of rotatable bonds is 6. The molecule has 1 amide bonds. The molecule has 0 aromatic heterocycles. The van der Waals surface area contributed by atoms with Crippen molar-refractivity contribution in [3.63, 3.8) is 0 Å². The first-order chi connectivity index (χ1) is 7.26. The van der Waals surface area contributed by atoms with Crippen molar-refractivity contribution in [3.05, 3.63) is 0 Å². The second-order valence-corrected chi connectivity index (χ2v) is 4.60. The van der Waals surface area contributed by atoms with Gasteiger partial charge in [0.25, 0.3) is 0 Å². The maximum Gasteiger partial charge on any atom is 0.391 e. The predicted octanol–water partition coefficient (Wildman–Crippen LogP) is 1.52. The number of hydrogen-bond donors (Lipinski definition) is 2. The van der Waals surface area contributed by atoms with Crippen molar-refractivity contribution in [1.82, 2.24) is 5.32 Å². The van der Waals surface area contributed by atoms with Crippen LogP contribution in [-0.4, -0.2) is 36.2 Å². The number of hydrogen-bond acceptors (Lipinski definition) is 3. The highest BCUT2D eigenvalue weighted by Gasteiger charge is 2.31. The predicted molar refractivity (Wildman–Crippen MR) is 59.3 cm³/mol. The zero-order chi connectivity index (χ0) is 12.8. The second-order valence-electron chi connectivity index (χ2n) is 3.62. The van der Waals surface area contributed by atoms with Crippen LogP contribution in [0.15, 0.2) is 0 Å². The molecule has 0 aliphatic carbocycles. The van der Waals surface area contributed by atoms with E-state index in [2.05, 4.69) is 5.32 Å². The summed E-state index contributed by atoms with van der Waals surface area (Å²) in [6, 6.07) is -1.67. The third-order valence-corrected chi connectivity index (χ3v) is 2.54. The molecular formula is C9H17F3N2OS.